The number of carboxylic acids is 1. The minimum atomic E-state index is -3.36. The minimum Gasteiger partial charge on any atom is -0.481 e. The Morgan fingerprint density at radius 2 is 2.21 bits per heavy atom. The third-order valence-corrected chi connectivity index (χ3v) is 5.10. The highest BCUT2D eigenvalue weighted by Crippen LogP contribution is 2.50. The molecule has 1 aromatic heterocycles. The van der Waals surface area contributed by atoms with Crippen molar-refractivity contribution in [2.45, 2.75) is 38.5 Å². The van der Waals surface area contributed by atoms with Crippen LogP contribution in [0.3, 0.4) is 0 Å². The molecule has 106 valence electrons. The van der Waals surface area contributed by atoms with Crippen LogP contribution in [-0.2, 0) is 26.9 Å². The van der Waals surface area contributed by atoms with Crippen LogP contribution in [0.5, 0.6) is 0 Å². The van der Waals surface area contributed by atoms with Crippen molar-refractivity contribution in [2.75, 3.05) is 5.75 Å². The van der Waals surface area contributed by atoms with Crippen LogP contribution >= 0.6 is 0 Å². The second-order valence-electron chi connectivity index (χ2n) is 5.09. The highest BCUT2D eigenvalue weighted by Gasteiger charge is 2.47. The van der Waals surface area contributed by atoms with E-state index in [-0.39, 0.29) is 17.9 Å². The number of aromatic nitrogens is 3. The van der Waals surface area contributed by atoms with Gasteiger partial charge in [-0.2, -0.15) is 5.10 Å². The lowest BCUT2D eigenvalue weighted by atomic mass is 10.1. The fourth-order valence-electron chi connectivity index (χ4n) is 2.25. The van der Waals surface area contributed by atoms with Crippen molar-refractivity contribution in [3.05, 3.63) is 12.2 Å². The summed E-state index contributed by atoms with van der Waals surface area (Å²) < 4.78 is 25.8. The lowest BCUT2D eigenvalue weighted by Crippen LogP contribution is -2.23. The largest absolute Gasteiger partial charge is 0.481 e. The molecule has 0 atom stereocenters. The van der Waals surface area contributed by atoms with Crippen LogP contribution < -0.4 is 0 Å². The van der Waals surface area contributed by atoms with Crippen molar-refractivity contribution in [2.24, 2.45) is 5.41 Å². The average Bonchev–Trinajstić information content (AvgIpc) is 2.86. The molecule has 1 aliphatic rings. The minimum absolute atomic E-state index is 0.0767. The summed E-state index contributed by atoms with van der Waals surface area (Å²) in [7, 11) is -3.36. The van der Waals surface area contributed by atoms with Gasteiger partial charge in [0.25, 0.3) is 0 Å². The smallest absolute Gasteiger partial charge is 0.303 e. The van der Waals surface area contributed by atoms with Gasteiger partial charge in [0.1, 0.15) is 17.9 Å². The standard InChI is InChI=1S/C11H17N3O4S/c1-2-14-9(12-8-13-14)6-19(17,18)7-11(3-4-11)5-10(15)16/h8H,2-7H2,1H3,(H,15,16). The summed E-state index contributed by atoms with van der Waals surface area (Å²) in [5.41, 5.74) is -0.554. The Morgan fingerprint density at radius 1 is 1.53 bits per heavy atom. The van der Waals surface area contributed by atoms with Gasteiger partial charge in [0.15, 0.2) is 9.84 Å². The Labute approximate surface area is 111 Å². The van der Waals surface area contributed by atoms with E-state index in [0.29, 0.717) is 25.2 Å². The van der Waals surface area contributed by atoms with Crippen LogP contribution in [0.2, 0.25) is 0 Å². The van der Waals surface area contributed by atoms with Crippen LogP contribution in [0.15, 0.2) is 6.33 Å². The van der Waals surface area contributed by atoms with Crippen molar-refractivity contribution >= 4 is 15.8 Å². The Bertz CT molecular complexity index is 575. The van der Waals surface area contributed by atoms with Gasteiger partial charge in [-0.25, -0.2) is 18.1 Å². The summed E-state index contributed by atoms with van der Waals surface area (Å²) in [5, 5.41) is 12.7. The zero-order chi connectivity index (χ0) is 14.1. The van der Waals surface area contributed by atoms with Gasteiger partial charge in [0.2, 0.25) is 0 Å². The van der Waals surface area contributed by atoms with Gasteiger partial charge in [-0.3, -0.25) is 4.79 Å². The van der Waals surface area contributed by atoms with E-state index in [2.05, 4.69) is 10.1 Å². The van der Waals surface area contributed by atoms with E-state index in [1.807, 2.05) is 6.92 Å². The molecule has 1 aliphatic carbocycles. The first-order valence-corrected chi connectivity index (χ1v) is 7.97. The third-order valence-electron chi connectivity index (χ3n) is 3.35. The maximum Gasteiger partial charge on any atom is 0.303 e. The van der Waals surface area contributed by atoms with Crippen LogP contribution in [0.25, 0.3) is 0 Å². The van der Waals surface area contributed by atoms with Crippen molar-refractivity contribution in [3.63, 3.8) is 0 Å². The van der Waals surface area contributed by atoms with Crippen LogP contribution in [0, 0.1) is 5.41 Å². The van der Waals surface area contributed by atoms with Gasteiger partial charge >= 0.3 is 5.97 Å². The van der Waals surface area contributed by atoms with E-state index in [4.69, 9.17) is 5.11 Å². The van der Waals surface area contributed by atoms with Gasteiger partial charge in [-0.05, 0) is 25.2 Å². The zero-order valence-corrected chi connectivity index (χ0v) is 11.6. The number of carboxylic acid groups (broad SMARTS) is 1. The number of aryl methyl sites for hydroxylation is 1. The van der Waals surface area contributed by atoms with E-state index < -0.39 is 21.2 Å². The number of hydrogen-bond acceptors (Lipinski definition) is 5. The van der Waals surface area contributed by atoms with Gasteiger partial charge in [-0.15, -0.1) is 0 Å². The average molecular weight is 287 g/mol. The number of hydrogen-bond donors (Lipinski definition) is 1. The normalized spacial score (nSPS) is 17.3. The van der Waals surface area contributed by atoms with Crippen molar-refractivity contribution in [1.82, 2.24) is 14.8 Å². The highest BCUT2D eigenvalue weighted by molar-refractivity contribution is 7.90. The molecule has 8 heteroatoms. The molecule has 0 aromatic carbocycles. The van der Waals surface area contributed by atoms with Gasteiger partial charge in [0, 0.05) is 6.54 Å². The molecule has 1 heterocycles. The number of carbonyl (C=O) groups is 1. The fraction of sp³-hybridized carbons (Fsp3) is 0.727. The predicted octanol–water partition coefficient (Wildman–Crippen LogP) is 0.468. The molecule has 7 nitrogen and oxygen atoms in total. The number of rotatable bonds is 7. The molecule has 19 heavy (non-hydrogen) atoms. The molecule has 0 bridgehead atoms. The van der Waals surface area contributed by atoms with Crippen LogP contribution in [0.1, 0.15) is 32.0 Å². The first-order valence-electron chi connectivity index (χ1n) is 6.15. The van der Waals surface area contributed by atoms with Crippen LogP contribution in [0.4, 0.5) is 0 Å². The summed E-state index contributed by atoms with van der Waals surface area (Å²) in [4.78, 5) is 14.7. The number of nitrogens with zero attached hydrogens (tertiary/aromatic N) is 3. The molecule has 1 aromatic rings. The Hall–Kier alpha value is -1.44. The molecule has 2 rings (SSSR count). The Kier molecular flexibility index (Phi) is 3.62. The lowest BCUT2D eigenvalue weighted by molar-refractivity contribution is -0.138. The molecule has 0 amide bonds. The Morgan fingerprint density at radius 3 is 2.74 bits per heavy atom. The molecule has 0 radical (unpaired) electrons. The summed E-state index contributed by atoms with van der Waals surface area (Å²) in [5.74, 6) is -0.788. The zero-order valence-electron chi connectivity index (χ0n) is 10.7. The van der Waals surface area contributed by atoms with E-state index in [9.17, 15) is 13.2 Å². The molecule has 1 N–H and O–H groups in total. The number of sulfone groups is 1. The summed E-state index contributed by atoms with van der Waals surface area (Å²) >= 11 is 0. The maximum atomic E-state index is 12.1. The maximum absolute atomic E-state index is 12.1. The lowest BCUT2D eigenvalue weighted by Gasteiger charge is -2.12. The van der Waals surface area contributed by atoms with E-state index in [0.717, 1.165) is 0 Å². The second kappa shape index (κ2) is 4.92. The van der Waals surface area contributed by atoms with Gasteiger partial charge in [0.05, 0.1) is 12.2 Å². The van der Waals surface area contributed by atoms with Crippen LogP contribution in [-0.4, -0.2) is 40.0 Å². The monoisotopic (exact) mass is 287 g/mol. The fourth-order valence-corrected chi connectivity index (χ4v) is 4.29. The van der Waals surface area contributed by atoms with Crippen molar-refractivity contribution in [3.8, 4) is 0 Å². The highest BCUT2D eigenvalue weighted by atomic mass is 32.2. The summed E-state index contributed by atoms with van der Waals surface area (Å²) in [6.45, 7) is 2.42. The third kappa shape index (κ3) is 3.52. The first kappa shape index (κ1) is 14.0. The molecule has 0 saturated heterocycles. The second-order valence-corrected chi connectivity index (χ2v) is 7.16. The van der Waals surface area contributed by atoms with Gasteiger partial charge in [-0.1, -0.05) is 0 Å². The van der Waals surface area contributed by atoms with E-state index >= 15 is 0 Å². The molecule has 0 spiro atoms. The first-order chi connectivity index (χ1) is 8.86. The summed E-state index contributed by atoms with van der Waals surface area (Å²) in [6, 6.07) is 0. The molecular formula is C11H17N3O4S. The Balaban J connectivity index is 2.05. The molecule has 0 aliphatic heterocycles. The van der Waals surface area contributed by atoms with Crippen molar-refractivity contribution in [1.29, 1.82) is 0 Å². The molecule has 0 unspecified atom stereocenters. The predicted molar refractivity (Wildman–Crippen MR) is 67.1 cm³/mol. The van der Waals surface area contributed by atoms with E-state index in [1.54, 1.807) is 0 Å². The van der Waals surface area contributed by atoms with E-state index in [1.165, 1.54) is 11.0 Å². The van der Waals surface area contributed by atoms with Gasteiger partial charge < -0.3 is 5.11 Å². The van der Waals surface area contributed by atoms with Crippen molar-refractivity contribution < 1.29 is 18.3 Å². The molecular weight excluding hydrogens is 270 g/mol. The summed E-state index contributed by atoms with van der Waals surface area (Å²) in [6.07, 6.45) is 2.59. The topological polar surface area (TPSA) is 102 Å². The number of aliphatic carboxylic acids is 1. The SMILES string of the molecule is CCn1ncnc1CS(=O)(=O)CC1(CC(=O)O)CC1. The molecule has 1 fully saturated rings. The quantitative estimate of drug-likeness (QED) is 0.782. The molecule has 1 saturated carbocycles.